The molecule has 0 aromatic rings. The lowest BCUT2D eigenvalue weighted by atomic mass is 10.2. The Labute approximate surface area is 134 Å². The lowest BCUT2D eigenvalue weighted by molar-refractivity contribution is 0.500. The van der Waals surface area contributed by atoms with Crippen molar-refractivity contribution in [3.05, 3.63) is 0 Å². The molecule has 3 atom stereocenters. The summed E-state index contributed by atoms with van der Waals surface area (Å²) in [5.41, 5.74) is 0. The van der Waals surface area contributed by atoms with E-state index < -0.39 is 8.72 Å². The fraction of sp³-hybridized carbons (Fsp3) is 1.00. The molecule has 0 heterocycles. The molecule has 0 aromatic heterocycles. The van der Waals surface area contributed by atoms with E-state index in [4.69, 9.17) is 0 Å². The fourth-order valence-electron chi connectivity index (χ4n) is 2.05. The van der Waals surface area contributed by atoms with Gasteiger partial charge in [0, 0.05) is 18.1 Å². The van der Waals surface area contributed by atoms with E-state index in [0.717, 1.165) is 25.8 Å². The van der Waals surface area contributed by atoms with E-state index in [2.05, 4.69) is 75.3 Å². The summed E-state index contributed by atoms with van der Waals surface area (Å²) in [4.78, 5) is 15.4. The minimum absolute atomic E-state index is 0.504. The monoisotopic (exact) mass is 316 g/mol. The van der Waals surface area contributed by atoms with Gasteiger partial charge in [-0.05, 0) is 31.7 Å². The topological polar surface area (TPSA) is 48.1 Å². The van der Waals surface area contributed by atoms with E-state index in [-0.39, 0.29) is 0 Å². The normalized spacial score (nSPS) is 19.3. The number of nitrogens with one attached hydrogen (secondary N) is 4. The van der Waals surface area contributed by atoms with Crippen molar-refractivity contribution >= 4 is 8.72 Å². The Bertz CT molecular complexity index is 229. The first kappa shape index (κ1) is 21.1. The highest BCUT2D eigenvalue weighted by atomic mass is 28.4. The number of hydrogen-bond acceptors (Lipinski definition) is 4. The lowest BCUT2D eigenvalue weighted by Crippen LogP contribution is -2.84. The molecule has 128 valence electrons. The summed E-state index contributed by atoms with van der Waals surface area (Å²) in [6.45, 7) is 19.1. The highest BCUT2D eigenvalue weighted by Gasteiger charge is 2.37. The molecular formula is C16H40N4Si. The van der Waals surface area contributed by atoms with Gasteiger partial charge < -0.3 is 4.98 Å². The zero-order valence-corrected chi connectivity index (χ0v) is 16.6. The van der Waals surface area contributed by atoms with Gasteiger partial charge in [0.1, 0.15) is 0 Å². The van der Waals surface area contributed by atoms with Gasteiger partial charge in [-0.1, -0.05) is 55.4 Å². The van der Waals surface area contributed by atoms with E-state index in [0.29, 0.717) is 24.0 Å². The van der Waals surface area contributed by atoms with Crippen LogP contribution in [0.3, 0.4) is 0 Å². The van der Waals surface area contributed by atoms with Crippen molar-refractivity contribution in [3.63, 3.8) is 0 Å². The first-order valence-electron chi connectivity index (χ1n) is 8.86. The fourth-order valence-corrected chi connectivity index (χ4v) is 6.15. The van der Waals surface area contributed by atoms with E-state index >= 15 is 0 Å². The molecule has 4 nitrogen and oxygen atoms in total. The van der Waals surface area contributed by atoms with Gasteiger partial charge in [0.05, 0.1) is 0 Å². The standard InChI is InChI=1S/C16H40N4Si/c1-9-14(6)18-21(17-12-13(4)5,19-15(7)10-2)20-16(8)11-3/h13-20H,9-12H2,1-8H3. The van der Waals surface area contributed by atoms with Gasteiger partial charge in [0.2, 0.25) is 0 Å². The summed E-state index contributed by atoms with van der Waals surface area (Å²) in [6, 6.07) is 1.51. The van der Waals surface area contributed by atoms with Gasteiger partial charge in [-0.3, -0.25) is 14.9 Å². The Balaban J connectivity index is 5.13. The maximum Gasteiger partial charge on any atom is 0.366 e. The quantitative estimate of drug-likeness (QED) is 0.418. The first-order valence-corrected chi connectivity index (χ1v) is 10.9. The van der Waals surface area contributed by atoms with Gasteiger partial charge in [0.15, 0.2) is 0 Å². The molecular weight excluding hydrogens is 276 g/mol. The van der Waals surface area contributed by atoms with Crippen LogP contribution in [0.1, 0.15) is 74.7 Å². The molecule has 0 bridgehead atoms. The second-order valence-corrected chi connectivity index (χ2v) is 9.61. The van der Waals surface area contributed by atoms with Gasteiger partial charge in [-0.15, -0.1) is 0 Å². The first-order chi connectivity index (χ1) is 9.78. The van der Waals surface area contributed by atoms with Crippen molar-refractivity contribution in [1.82, 2.24) is 19.9 Å². The molecule has 0 radical (unpaired) electrons. The summed E-state index contributed by atoms with van der Waals surface area (Å²) >= 11 is 0. The molecule has 0 aromatic carbocycles. The highest BCUT2D eigenvalue weighted by molar-refractivity contribution is 6.70. The summed E-state index contributed by atoms with van der Waals surface area (Å²) in [5, 5.41) is 0. The third-order valence-electron chi connectivity index (χ3n) is 4.00. The van der Waals surface area contributed by atoms with Crippen LogP contribution in [0.5, 0.6) is 0 Å². The van der Waals surface area contributed by atoms with Crippen LogP contribution in [0, 0.1) is 5.92 Å². The maximum absolute atomic E-state index is 3.87. The molecule has 5 heteroatoms. The second kappa shape index (κ2) is 10.7. The van der Waals surface area contributed by atoms with Crippen LogP contribution in [0.4, 0.5) is 0 Å². The number of hydrogen-bond donors (Lipinski definition) is 4. The third-order valence-corrected chi connectivity index (χ3v) is 7.51. The van der Waals surface area contributed by atoms with Crippen molar-refractivity contribution in [2.75, 3.05) is 6.54 Å². The zero-order valence-electron chi connectivity index (χ0n) is 15.6. The summed E-state index contributed by atoms with van der Waals surface area (Å²) < 4.78 is 0. The van der Waals surface area contributed by atoms with Crippen LogP contribution in [-0.4, -0.2) is 33.4 Å². The molecule has 0 rings (SSSR count). The predicted molar refractivity (Wildman–Crippen MR) is 97.3 cm³/mol. The molecule has 4 N–H and O–H groups in total. The lowest BCUT2D eigenvalue weighted by Gasteiger charge is -2.40. The van der Waals surface area contributed by atoms with Crippen LogP contribution in [0.15, 0.2) is 0 Å². The van der Waals surface area contributed by atoms with Gasteiger partial charge >= 0.3 is 8.72 Å². The Morgan fingerprint density at radius 3 is 1.24 bits per heavy atom. The SMILES string of the molecule is CCC(C)N[Si](NCC(C)C)(NC(C)CC)NC(C)CC. The van der Waals surface area contributed by atoms with Crippen molar-refractivity contribution in [3.8, 4) is 0 Å². The third kappa shape index (κ3) is 8.93. The molecule has 0 aliphatic carbocycles. The Morgan fingerprint density at radius 1 is 0.667 bits per heavy atom. The minimum Gasteiger partial charge on any atom is -0.300 e. The summed E-state index contributed by atoms with van der Waals surface area (Å²) in [5.74, 6) is 0.646. The summed E-state index contributed by atoms with van der Waals surface area (Å²) in [6.07, 6.45) is 3.42. The average molecular weight is 317 g/mol. The van der Waals surface area contributed by atoms with Gasteiger partial charge in [0.25, 0.3) is 0 Å². The molecule has 0 aliphatic rings. The molecule has 0 aliphatic heterocycles. The van der Waals surface area contributed by atoms with Crippen molar-refractivity contribution in [2.24, 2.45) is 5.92 Å². The molecule has 0 saturated heterocycles. The summed E-state index contributed by atoms with van der Waals surface area (Å²) in [7, 11) is -2.11. The Morgan fingerprint density at radius 2 is 1.00 bits per heavy atom. The molecule has 0 saturated carbocycles. The Kier molecular flexibility index (Phi) is 10.8. The van der Waals surface area contributed by atoms with Crippen LogP contribution >= 0.6 is 0 Å². The van der Waals surface area contributed by atoms with E-state index in [1.54, 1.807) is 0 Å². The Hall–Kier alpha value is 0.0569. The average Bonchev–Trinajstić information content (AvgIpc) is 2.44. The van der Waals surface area contributed by atoms with Gasteiger partial charge in [-0.25, -0.2) is 0 Å². The van der Waals surface area contributed by atoms with Crippen molar-refractivity contribution < 1.29 is 0 Å². The molecule has 0 spiro atoms. The van der Waals surface area contributed by atoms with Crippen LogP contribution in [0.25, 0.3) is 0 Å². The minimum atomic E-state index is -2.11. The molecule has 21 heavy (non-hydrogen) atoms. The molecule has 3 unspecified atom stereocenters. The van der Waals surface area contributed by atoms with E-state index in [1.165, 1.54) is 0 Å². The van der Waals surface area contributed by atoms with Crippen LogP contribution < -0.4 is 19.9 Å². The maximum atomic E-state index is 3.87. The van der Waals surface area contributed by atoms with Crippen molar-refractivity contribution in [2.45, 2.75) is 92.8 Å². The molecule has 0 amide bonds. The second-order valence-electron chi connectivity index (χ2n) is 6.89. The predicted octanol–water partition coefficient (Wildman–Crippen LogP) is 2.83. The van der Waals surface area contributed by atoms with Crippen LogP contribution in [0.2, 0.25) is 0 Å². The molecule has 0 fully saturated rings. The zero-order chi connectivity index (χ0) is 16.5. The van der Waals surface area contributed by atoms with Crippen molar-refractivity contribution in [1.29, 1.82) is 0 Å². The largest absolute Gasteiger partial charge is 0.366 e. The van der Waals surface area contributed by atoms with Gasteiger partial charge in [-0.2, -0.15) is 0 Å². The number of rotatable bonds is 12. The smallest absolute Gasteiger partial charge is 0.300 e. The van der Waals surface area contributed by atoms with E-state index in [9.17, 15) is 0 Å². The van der Waals surface area contributed by atoms with E-state index in [1.807, 2.05) is 0 Å². The van der Waals surface area contributed by atoms with Crippen LogP contribution in [-0.2, 0) is 0 Å². The highest BCUT2D eigenvalue weighted by Crippen LogP contribution is 2.02.